The van der Waals surface area contributed by atoms with Crippen LogP contribution in [-0.4, -0.2) is 46.0 Å². The van der Waals surface area contributed by atoms with Gasteiger partial charge in [-0.1, -0.05) is 0 Å². The zero-order chi connectivity index (χ0) is 18.9. The van der Waals surface area contributed by atoms with E-state index in [-0.39, 0.29) is 5.82 Å². The van der Waals surface area contributed by atoms with Crippen LogP contribution in [0.15, 0.2) is 47.4 Å². The lowest BCUT2D eigenvalue weighted by molar-refractivity contribution is 0.247. The number of nitrogens with zero attached hydrogens (tertiary/aromatic N) is 5. The highest BCUT2D eigenvalue weighted by Crippen LogP contribution is 2.28. The first-order chi connectivity index (χ1) is 13.8. The van der Waals surface area contributed by atoms with Gasteiger partial charge in [0.15, 0.2) is 0 Å². The summed E-state index contributed by atoms with van der Waals surface area (Å²) in [7, 11) is 0. The molecule has 1 aliphatic heterocycles. The van der Waals surface area contributed by atoms with Gasteiger partial charge in [-0.15, -0.1) is 22.7 Å². The molecular formula is C20H18FN5S2. The predicted octanol–water partition coefficient (Wildman–Crippen LogP) is 4.28. The number of rotatable bonds is 4. The van der Waals surface area contributed by atoms with Crippen molar-refractivity contribution in [3.8, 4) is 10.6 Å². The molecule has 5 rings (SSSR count). The van der Waals surface area contributed by atoms with Crippen LogP contribution in [0.2, 0.25) is 0 Å². The van der Waals surface area contributed by atoms with Crippen molar-refractivity contribution in [2.75, 3.05) is 31.1 Å². The largest absolute Gasteiger partial charge is 0.353 e. The molecule has 0 saturated carbocycles. The SMILES string of the molecule is Fc1ccc(-c2nc(CN3CCN(c4ncnc5sccc45)CC3)cs2)cc1. The number of thiazole rings is 1. The van der Waals surface area contributed by atoms with Gasteiger partial charge in [0.25, 0.3) is 0 Å². The van der Waals surface area contributed by atoms with Crippen molar-refractivity contribution in [3.63, 3.8) is 0 Å². The van der Waals surface area contributed by atoms with Crippen LogP contribution in [-0.2, 0) is 6.54 Å². The molecule has 0 bridgehead atoms. The number of thiophene rings is 1. The Morgan fingerprint density at radius 1 is 0.964 bits per heavy atom. The Morgan fingerprint density at radius 3 is 2.61 bits per heavy atom. The summed E-state index contributed by atoms with van der Waals surface area (Å²) in [5, 5.41) is 6.25. The molecule has 4 aromatic rings. The second kappa shape index (κ2) is 7.54. The summed E-state index contributed by atoms with van der Waals surface area (Å²) in [5.41, 5.74) is 2.03. The molecule has 0 amide bonds. The van der Waals surface area contributed by atoms with E-state index in [1.54, 1.807) is 41.1 Å². The van der Waals surface area contributed by atoms with Crippen LogP contribution in [0.5, 0.6) is 0 Å². The van der Waals surface area contributed by atoms with E-state index < -0.39 is 0 Å². The van der Waals surface area contributed by atoms with Crippen molar-refractivity contribution >= 4 is 38.7 Å². The Bertz CT molecular complexity index is 1080. The van der Waals surface area contributed by atoms with Gasteiger partial charge in [-0.25, -0.2) is 19.3 Å². The number of anilines is 1. The molecule has 0 radical (unpaired) electrons. The summed E-state index contributed by atoms with van der Waals surface area (Å²) >= 11 is 3.26. The molecule has 0 atom stereocenters. The molecule has 28 heavy (non-hydrogen) atoms. The summed E-state index contributed by atoms with van der Waals surface area (Å²) in [6.07, 6.45) is 1.66. The van der Waals surface area contributed by atoms with Crippen LogP contribution >= 0.6 is 22.7 Å². The monoisotopic (exact) mass is 411 g/mol. The quantitative estimate of drug-likeness (QED) is 0.502. The maximum atomic E-state index is 13.1. The number of halogens is 1. The molecule has 1 aliphatic rings. The summed E-state index contributed by atoms with van der Waals surface area (Å²) in [4.78, 5) is 19.4. The van der Waals surface area contributed by atoms with E-state index in [4.69, 9.17) is 4.98 Å². The summed E-state index contributed by atoms with van der Waals surface area (Å²) in [6, 6.07) is 8.63. The van der Waals surface area contributed by atoms with Gasteiger partial charge < -0.3 is 4.90 Å². The molecule has 5 nitrogen and oxygen atoms in total. The fourth-order valence-electron chi connectivity index (χ4n) is 3.48. The standard InChI is InChI=1S/C20H18FN5S2/c21-15-3-1-14(2-4-15)19-24-16(12-28-19)11-25-6-8-26(9-7-25)18-17-5-10-27-20(17)23-13-22-18/h1-5,10,12-13H,6-9,11H2. The molecule has 0 spiro atoms. The zero-order valence-corrected chi connectivity index (χ0v) is 16.7. The highest BCUT2D eigenvalue weighted by molar-refractivity contribution is 7.16. The van der Waals surface area contributed by atoms with Gasteiger partial charge in [0.1, 0.15) is 27.8 Å². The van der Waals surface area contributed by atoms with Gasteiger partial charge in [-0.2, -0.15) is 0 Å². The third kappa shape index (κ3) is 3.50. The van der Waals surface area contributed by atoms with Crippen LogP contribution in [0.3, 0.4) is 0 Å². The number of benzene rings is 1. The molecule has 1 saturated heterocycles. The molecule has 0 unspecified atom stereocenters. The lowest BCUT2D eigenvalue weighted by atomic mass is 10.2. The number of hydrogen-bond acceptors (Lipinski definition) is 7. The number of hydrogen-bond donors (Lipinski definition) is 0. The van der Waals surface area contributed by atoms with Crippen molar-refractivity contribution in [1.29, 1.82) is 0 Å². The molecule has 0 N–H and O–H groups in total. The Hall–Kier alpha value is -2.42. The van der Waals surface area contributed by atoms with E-state index >= 15 is 0 Å². The molecule has 8 heteroatoms. The van der Waals surface area contributed by atoms with Crippen LogP contribution in [0.1, 0.15) is 5.69 Å². The maximum absolute atomic E-state index is 13.1. The normalized spacial score (nSPS) is 15.4. The zero-order valence-electron chi connectivity index (χ0n) is 15.1. The molecule has 4 heterocycles. The van der Waals surface area contributed by atoms with Crippen molar-refractivity contribution in [2.45, 2.75) is 6.54 Å². The molecular weight excluding hydrogens is 393 g/mol. The number of aromatic nitrogens is 3. The molecule has 1 fully saturated rings. The first-order valence-corrected chi connectivity index (χ1v) is 10.9. The lowest BCUT2D eigenvalue weighted by Crippen LogP contribution is -2.46. The first kappa shape index (κ1) is 17.7. The van der Waals surface area contributed by atoms with Gasteiger partial charge in [0.05, 0.1) is 11.1 Å². The average molecular weight is 412 g/mol. The number of piperazine rings is 1. The molecule has 142 valence electrons. The Balaban J connectivity index is 1.23. The Morgan fingerprint density at radius 2 is 1.79 bits per heavy atom. The van der Waals surface area contributed by atoms with Crippen molar-refractivity contribution in [1.82, 2.24) is 19.9 Å². The second-order valence-corrected chi connectivity index (χ2v) is 8.50. The van der Waals surface area contributed by atoms with Gasteiger partial charge in [0, 0.05) is 43.7 Å². The van der Waals surface area contributed by atoms with E-state index in [2.05, 4.69) is 36.6 Å². The lowest BCUT2D eigenvalue weighted by Gasteiger charge is -2.35. The van der Waals surface area contributed by atoms with E-state index in [1.165, 1.54) is 12.1 Å². The molecule has 1 aromatic carbocycles. The second-order valence-electron chi connectivity index (χ2n) is 6.75. The van der Waals surface area contributed by atoms with E-state index in [0.717, 1.165) is 65.0 Å². The summed E-state index contributed by atoms with van der Waals surface area (Å²) < 4.78 is 13.1. The van der Waals surface area contributed by atoms with Crippen LogP contribution in [0, 0.1) is 5.82 Å². The van der Waals surface area contributed by atoms with E-state index in [0.29, 0.717) is 0 Å². The minimum absolute atomic E-state index is 0.221. The summed E-state index contributed by atoms with van der Waals surface area (Å²) in [6.45, 7) is 4.66. The van der Waals surface area contributed by atoms with Crippen LogP contribution < -0.4 is 4.90 Å². The van der Waals surface area contributed by atoms with Crippen molar-refractivity contribution < 1.29 is 4.39 Å². The third-order valence-corrected chi connectivity index (χ3v) is 6.70. The minimum atomic E-state index is -0.221. The van der Waals surface area contributed by atoms with Crippen molar-refractivity contribution in [2.24, 2.45) is 0 Å². The van der Waals surface area contributed by atoms with Gasteiger partial charge in [0.2, 0.25) is 0 Å². The first-order valence-electron chi connectivity index (χ1n) is 9.12. The van der Waals surface area contributed by atoms with Crippen LogP contribution in [0.4, 0.5) is 10.2 Å². The Kier molecular flexibility index (Phi) is 4.76. The number of fused-ring (bicyclic) bond motifs is 1. The topological polar surface area (TPSA) is 45.2 Å². The third-order valence-electron chi connectivity index (χ3n) is 4.94. The van der Waals surface area contributed by atoms with Crippen LogP contribution in [0.25, 0.3) is 20.8 Å². The highest BCUT2D eigenvalue weighted by atomic mass is 32.1. The van der Waals surface area contributed by atoms with Gasteiger partial charge in [-0.3, -0.25) is 4.90 Å². The average Bonchev–Trinajstić information content (AvgIpc) is 3.38. The predicted molar refractivity (Wildman–Crippen MR) is 112 cm³/mol. The van der Waals surface area contributed by atoms with E-state index in [1.807, 2.05) is 0 Å². The van der Waals surface area contributed by atoms with Crippen molar-refractivity contribution in [3.05, 3.63) is 58.9 Å². The molecule has 0 aliphatic carbocycles. The smallest absolute Gasteiger partial charge is 0.140 e. The fraction of sp³-hybridized carbons (Fsp3) is 0.250. The summed E-state index contributed by atoms with van der Waals surface area (Å²) in [5.74, 6) is 0.819. The Labute approximate surface area is 170 Å². The molecule has 3 aromatic heterocycles. The fourth-order valence-corrected chi connectivity index (χ4v) is 5.02. The maximum Gasteiger partial charge on any atom is 0.140 e. The van der Waals surface area contributed by atoms with Gasteiger partial charge >= 0.3 is 0 Å². The minimum Gasteiger partial charge on any atom is -0.353 e. The van der Waals surface area contributed by atoms with Gasteiger partial charge in [-0.05, 0) is 35.7 Å². The van der Waals surface area contributed by atoms with E-state index in [9.17, 15) is 4.39 Å². The highest BCUT2D eigenvalue weighted by Gasteiger charge is 2.21.